The van der Waals surface area contributed by atoms with Gasteiger partial charge in [-0.25, -0.2) is 0 Å². The van der Waals surface area contributed by atoms with Crippen molar-refractivity contribution in [2.75, 3.05) is 7.05 Å². The summed E-state index contributed by atoms with van der Waals surface area (Å²) in [5.41, 5.74) is 1.82. The van der Waals surface area contributed by atoms with Gasteiger partial charge in [0.25, 0.3) is 0 Å². The van der Waals surface area contributed by atoms with E-state index in [1.807, 2.05) is 0 Å². The summed E-state index contributed by atoms with van der Waals surface area (Å²) in [7, 11) is 2.08. The molecule has 1 heteroatoms. The van der Waals surface area contributed by atoms with Gasteiger partial charge in [-0.15, -0.1) is 0 Å². The molecule has 0 saturated carbocycles. The minimum atomic E-state index is 0.363. The van der Waals surface area contributed by atoms with Crippen molar-refractivity contribution in [2.45, 2.75) is 52.5 Å². The standard InChI is InChI=1S/C16H27N/c1-16(2,3)15(17-4)13-9-8-12-14-10-6-5-7-11-14/h5-7,10-11,15,17H,8-9,12-13H2,1-4H3. The largest absolute Gasteiger partial charge is 0.316 e. The lowest BCUT2D eigenvalue weighted by Crippen LogP contribution is -2.37. The van der Waals surface area contributed by atoms with Gasteiger partial charge < -0.3 is 5.32 Å². The Balaban J connectivity index is 2.24. The van der Waals surface area contributed by atoms with Crippen LogP contribution < -0.4 is 5.32 Å². The molecule has 1 rings (SSSR count). The maximum absolute atomic E-state index is 3.44. The van der Waals surface area contributed by atoms with Crippen molar-refractivity contribution in [3.05, 3.63) is 35.9 Å². The van der Waals surface area contributed by atoms with Crippen LogP contribution >= 0.6 is 0 Å². The molecule has 0 bridgehead atoms. The summed E-state index contributed by atoms with van der Waals surface area (Å²) in [5.74, 6) is 0. The monoisotopic (exact) mass is 233 g/mol. The summed E-state index contributed by atoms with van der Waals surface area (Å²) in [6.45, 7) is 6.93. The molecule has 1 N–H and O–H groups in total. The van der Waals surface area contributed by atoms with Crippen LogP contribution in [-0.2, 0) is 6.42 Å². The highest BCUT2D eigenvalue weighted by molar-refractivity contribution is 5.14. The van der Waals surface area contributed by atoms with Crippen molar-refractivity contribution >= 4 is 0 Å². The van der Waals surface area contributed by atoms with Gasteiger partial charge in [0.05, 0.1) is 0 Å². The first-order chi connectivity index (χ1) is 8.04. The topological polar surface area (TPSA) is 12.0 Å². The molecule has 0 amide bonds. The third kappa shape index (κ3) is 5.36. The van der Waals surface area contributed by atoms with E-state index in [-0.39, 0.29) is 0 Å². The summed E-state index contributed by atoms with van der Waals surface area (Å²) < 4.78 is 0. The van der Waals surface area contributed by atoms with E-state index < -0.39 is 0 Å². The first kappa shape index (κ1) is 14.2. The first-order valence-electron chi connectivity index (χ1n) is 6.75. The van der Waals surface area contributed by atoms with Crippen molar-refractivity contribution in [3.8, 4) is 0 Å². The third-order valence-corrected chi connectivity index (χ3v) is 3.44. The van der Waals surface area contributed by atoms with Crippen molar-refractivity contribution in [2.24, 2.45) is 5.41 Å². The van der Waals surface area contributed by atoms with E-state index in [0.29, 0.717) is 11.5 Å². The Morgan fingerprint density at radius 3 is 2.24 bits per heavy atom. The number of benzene rings is 1. The predicted octanol–water partition coefficient (Wildman–Crippen LogP) is 4.03. The molecule has 0 aliphatic carbocycles. The average molecular weight is 233 g/mol. The number of hydrogen-bond acceptors (Lipinski definition) is 1. The van der Waals surface area contributed by atoms with Crippen molar-refractivity contribution in [3.63, 3.8) is 0 Å². The highest BCUT2D eigenvalue weighted by Gasteiger charge is 2.21. The second-order valence-electron chi connectivity index (χ2n) is 5.94. The summed E-state index contributed by atoms with van der Waals surface area (Å²) in [6, 6.07) is 11.4. The molecule has 0 aromatic heterocycles. The fourth-order valence-corrected chi connectivity index (χ4v) is 2.33. The molecule has 0 saturated heterocycles. The molecule has 1 atom stereocenters. The quantitative estimate of drug-likeness (QED) is 0.731. The van der Waals surface area contributed by atoms with Gasteiger partial charge in [0.1, 0.15) is 0 Å². The number of aryl methyl sites for hydroxylation is 1. The Morgan fingerprint density at radius 2 is 1.71 bits per heavy atom. The van der Waals surface area contributed by atoms with E-state index in [1.54, 1.807) is 0 Å². The normalized spacial score (nSPS) is 13.6. The van der Waals surface area contributed by atoms with Crippen LogP contribution in [0.1, 0.15) is 45.6 Å². The number of nitrogens with one attached hydrogen (secondary N) is 1. The molecule has 96 valence electrons. The second-order valence-corrected chi connectivity index (χ2v) is 5.94. The zero-order valence-electron chi connectivity index (χ0n) is 11.8. The number of rotatable bonds is 6. The van der Waals surface area contributed by atoms with Gasteiger partial charge in [0.15, 0.2) is 0 Å². The highest BCUT2D eigenvalue weighted by atomic mass is 14.9. The van der Waals surface area contributed by atoms with Gasteiger partial charge >= 0.3 is 0 Å². The lowest BCUT2D eigenvalue weighted by atomic mass is 9.83. The number of unbranched alkanes of at least 4 members (excludes halogenated alkanes) is 1. The lowest BCUT2D eigenvalue weighted by Gasteiger charge is -2.30. The summed E-state index contributed by atoms with van der Waals surface area (Å²) in [5, 5.41) is 3.44. The second kappa shape index (κ2) is 6.80. The molecule has 1 aromatic rings. The molecule has 0 aliphatic rings. The first-order valence-corrected chi connectivity index (χ1v) is 6.75. The van der Waals surface area contributed by atoms with Crippen LogP contribution in [0, 0.1) is 5.41 Å². The molecule has 0 heterocycles. The lowest BCUT2D eigenvalue weighted by molar-refractivity contribution is 0.262. The van der Waals surface area contributed by atoms with Crippen LogP contribution in [0.4, 0.5) is 0 Å². The van der Waals surface area contributed by atoms with Crippen molar-refractivity contribution in [1.29, 1.82) is 0 Å². The Kier molecular flexibility index (Phi) is 5.70. The molecular weight excluding hydrogens is 206 g/mol. The smallest absolute Gasteiger partial charge is 0.0113 e. The van der Waals surface area contributed by atoms with Gasteiger partial charge in [-0.05, 0) is 37.3 Å². The van der Waals surface area contributed by atoms with Crippen LogP contribution in [0.2, 0.25) is 0 Å². The van der Waals surface area contributed by atoms with Gasteiger partial charge in [-0.3, -0.25) is 0 Å². The minimum absolute atomic E-state index is 0.363. The zero-order chi connectivity index (χ0) is 12.7. The van der Waals surface area contributed by atoms with Crippen LogP contribution in [0.15, 0.2) is 30.3 Å². The van der Waals surface area contributed by atoms with Crippen LogP contribution in [0.25, 0.3) is 0 Å². The Labute approximate surface area is 107 Å². The predicted molar refractivity (Wildman–Crippen MR) is 76.3 cm³/mol. The maximum atomic E-state index is 3.44. The molecule has 1 nitrogen and oxygen atoms in total. The molecule has 0 fully saturated rings. The van der Waals surface area contributed by atoms with E-state index in [0.717, 1.165) is 0 Å². The average Bonchev–Trinajstić information content (AvgIpc) is 2.28. The molecule has 1 aromatic carbocycles. The Morgan fingerprint density at radius 1 is 1.06 bits per heavy atom. The van der Waals surface area contributed by atoms with Crippen molar-refractivity contribution < 1.29 is 0 Å². The molecule has 1 unspecified atom stereocenters. The molecular formula is C16H27N. The van der Waals surface area contributed by atoms with Crippen LogP contribution in [0.5, 0.6) is 0 Å². The van der Waals surface area contributed by atoms with E-state index in [1.165, 1.54) is 31.2 Å². The molecule has 0 spiro atoms. The minimum Gasteiger partial charge on any atom is -0.316 e. The summed E-state index contributed by atoms with van der Waals surface area (Å²) in [4.78, 5) is 0. The highest BCUT2D eigenvalue weighted by Crippen LogP contribution is 2.23. The Bertz CT molecular complexity index is 297. The zero-order valence-corrected chi connectivity index (χ0v) is 11.8. The van der Waals surface area contributed by atoms with Crippen molar-refractivity contribution in [1.82, 2.24) is 5.32 Å². The van der Waals surface area contributed by atoms with E-state index in [4.69, 9.17) is 0 Å². The van der Waals surface area contributed by atoms with Crippen LogP contribution in [-0.4, -0.2) is 13.1 Å². The van der Waals surface area contributed by atoms with E-state index >= 15 is 0 Å². The maximum Gasteiger partial charge on any atom is 0.0113 e. The Hall–Kier alpha value is -0.820. The fraction of sp³-hybridized carbons (Fsp3) is 0.625. The molecule has 17 heavy (non-hydrogen) atoms. The number of hydrogen-bond donors (Lipinski definition) is 1. The van der Waals surface area contributed by atoms with Gasteiger partial charge in [0.2, 0.25) is 0 Å². The summed E-state index contributed by atoms with van der Waals surface area (Å²) >= 11 is 0. The van der Waals surface area contributed by atoms with Gasteiger partial charge in [-0.2, -0.15) is 0 Å². The fourth-order valence-electron chi connectivity index (χ4n) is 2.33. The molecule has 0 aliphatic heterocycles. The van der Waals surface area contributed by atoms with E-state index in [2.05, 4.69) is 63.5 Å². The van der Waals surface area contributed by atoms with Gasteiger partial charge in [-0.1, -0.05) is 57.5 Å². The van der Waals surface area contributed by atoms with Gasteiger partial charge in [0, 0.05) is 6.04 Å². The third-order valence-electron chi connectivity index (χ3n) is 3.44. The van der Waals surface area contributed by atoms with Crippen LogP contribution in [0.3, 0.4) is 0 Å². The van der Waals surface area contributed by atoms with E-state index in [9.17, 15) is 0 Å². The molecule has 0 radical (unpaired) electrons. The summed E-state index contributed by atoms with van der Waals surface area (Å²) in [6.07, 6.45) is 5.07. The SMILES string of the molecule is CNC(CCCCc1ccccc1)C(C)(C)C.